The van der Waals surface area contributed by atoms with E-state index in [0.29, 0.717) is 6.54 Å². The van der Waals surface area contributed by atoms with E-state index in [9.17, 15) is 9.59 Å². The second-order valence-electron chi connectivity index (χ2n) is 6.08. The Kier molecular flexibility index (Phi) is 4.73. The van der Waals surface area contributed by atoms with Crippen LogP contribution >= 0.6 is 11.3 Å². The van der Waals surface area contributed by atoms with Gasteiger partial charge in [-0.1, -0.05) is 0 Å². The minimum atomic E-state index is -0.298. The monoisotopic (exact) mass is 322 g/mol. The highest BCUT2D eigenvalue weighted by atomic mass is 32.1. The van der Waals surface area contributed by atoms with E-state index in [1.54, 1.807) is 11.3 Å². The molecule has 0 spiro atoms. The molecular formula is C15H22N4O2S. The van der Waals surface area contributed by atoms with Gasteiger partial charge < -0.3 is 10.6 Å². The first-order valence-electron chi connectivity index (χ1n) is 7.85. The number of carbonyl (C=O) groups is 2. The van der Waals surface area contributed by atoms with Crippen LogP contribution in [0.1, 0.15) is 36.7 Å². The molecule has 0 radical (unpaired) electrons. The smallest absolute Gasteiger partial charge is 0.231 e. The molecule has 7 heteroatoms. The lowest BCUT2D eigenvalue weighted by atomic mass is 9.95. The van der Waals surface area contributed by atoms with Crippen molar-refractivity contribution in [2.24, 2.45) is 11.7 Å². The molecule has 0 aliphatic carbocycles. The summed E-state index contributed by atoms with van der Waals surface area (Å²) in [7, 11) is 0. The Hall–Kier alpha value is -1.47. The van der Waals surface area contributed by atoms with Crippen LogP contribution in [0.25, 0.3) is 0 Å². The Balaban J connectivity index is 1.59. The van der Waals surface area contributed by atoms with Crippen molar-refractivity contribution in [2.45, 2.75) is 31.7 Å². The second kappa shape index (κ2) is 6.75. The average Bonchev–Trinajstić information content (AvgIpc) is 3.17. The van der Waals surface area contributed by atoms with Crippen molar-refractivity contribution in [1.82, 2.24) is 14.8 Å². The van der Waals surface area contributed by atoms with Gasteiger partial charge in [-0.25, -0.2) is 4.98 Å². The first-order chi connectivity index (χ1) is 10.6. The lowest BCUT2D eigenvalue weighted by molar-refractivity contribution is -0.138. The molecule has 22 heavy (non-hydrogen) atoms. The third-order valence-electron chi connectivity index (χ3n) is 4.59. The molecule has 6 nitrogen and oxygen atoms in total. The summed E-state index contributed by atoms with van der Waals surface area (Å²) in [5.74, 6) is 0.0364. The van der Waals surface area contributed by atoms with Crippen LogP contribution in [0.5, 0.6) is 0 Å². The molecule has 0 bridgehead atoms. The molecule has 2 saturated heterocycles. The SMILES string of the molecule is NC(=O)CN1CCC(C(=O)N2CCC[C@@H]2c2nccs2)CC1. The van der Waals surface area contributed by atoms with Gasteiger partial charge in [0, 0.05) is 24.0 Å². The van der Waals surface area contributed by atoms with Crippen LogP contribution < -0.4 is 5.73 Å². The standard InChI is InChI=1S/C15H22N4O2S/c16-13(20)10-18-7-3-11(4-8-18)15(21)19-6-1-2-12(19)14-17-5-9-22-14/h5,9,11-12H,1-4,6-8,10H2,(H2,16,20)/t12-/m1/s1. The summed E-state index contributed by atoms with van der Waals surface area (Å²) in [6.45, 7) is 2.68. The zero-order chi connectivity index (χ0) is 15.5. The van der Waals surface area contributed by atoms with E-state index in [1.807, 2.05) is 21.4 Å². The molecule has 1 aromatic rings. The highest BCUT2D eigenvalue weighted by Gasteiger charge is 2.36. The molecule has 2 fully saturated rings. The number of aromatic nitrogens is 1. The van der Waals surface area contributed by atoms with Crippen LogP contribution in [0.4, 0.5) is 0 Å². The molecular weight excluding hydrogens is 300 g/mol. The molecule has 1 atom stereocenters. The van der Waals surface area contributed by atoms with E-state index in [4.69, 9.17) is 5.73 Å². The van der Waals surface area contributed by atoms with Gasteiger partial charge in [0.15, 0.2) is 0 Å². The summed E-state index contributed by atoms with van der Waals surface area (Å²) in [5, 5.41) is 3.02. The fourth-order valence-corrected chi connectivity index (χ4v) is 4.26. The molecule has 2 aliphatic rings. The largest absolute Gasteiger partial charge is 0.369 e. The summed E-state index contributed by atoms with van der Waals surface area (Å²) >= 11 is 1.63. The first-order valence-corrected chi connectivity index (χ1v) is 8.73. The van der Waals surface area contributed by atoms with Crippen LogP contribution in [0.15, 0.2) is 11.6 Å². The minimum Gasteiger partial charge on any atom is -0.369 e. The number of nitrogens with two attached hydrogens (primary N) is 1. The van der Waals surface area contributed by atoms with E-state index in [2.05, 4.69) is 4.98 Å². The minimum absolute atomic E-state index is 0.0738. The van der Waals surface area contributed by atoms with Gasteiger partial charge in [0.05, 0.1) is 12.6 Å². The molecule has 0 aromatic carbocycles. The average molecular weight is 322 g/mol. The number of likely N-dealkylation sites (tertiary alicyclic amines) is 2. The van der Waals surface area contributed by atoms with Crippen molar-refractivity contribution in [3.63, 3.8) is 0 Å². The van der Waals surface area contributed by atoms with Gasteiger partial charge in [-0.15, -0.1) is 11.3 Å². The van der Waals surface area contributed by atoms with Crippen molar-refractivity contribution in [1.29, 1.82) is 0 Å². The fraction of sp³-hybridized carbons (Fsp3) is 0.667. The number of piperidine rings is 1. The molecule has 0 saturated carbocycles. The maximum atomic E-state index is 12.8. The van der Waals surface area contributed by atoms with Crippen LogP contribution in [0.3, 0.4) is 0 Å². The molecule has 1 aromatic heterocycles. The molecule has 2 aliphatic heterocycles. The third-order valence-corrected chi connectivity index (χ3v) is 5.47. The van der Waals surface area contributed by atoms with Crippen molar-refractivity contribution in [3.8, 4) is 0 Å². The van der Waals surface area contributed by atoms with Gasteiger partial charge in [-0.3, -0.25) is 14.5 Å². The summed E-state index contributed by atoms with van der Waals surface area (Å²) in [6, 6.07) is 0.163. The van der Waals surface area contributed by atoms with Gasteiger partial charge in [0.2, 0.25) is 11.8 Å². The molecule has 3 rings (SSSR count). The number of primary amides is 1. The highest BCUT2D eigenvalue weighted by molar-refractivity contribution is 7.09. The van der Waals surface area contributed by atoms with Crippen molar-refractivity contribution < 1.29 is 9.59 Å². The number of hydrogen-bond donors (Lipinski definition) is 1. The summed E-state index contributed by atoms with van der Waals surface area (Å²) < 4.78 is 0. The highest BCUT2D eigenvalue weighted by Crippen LogP contribution is 2.35. The summed E-state index contributed by atoms with van der Waals surface area (Å²) in [6.07, 6.45) is 5.50. The van der Waals surface area contributed by atoms with Crippen molar-refractivity contribution >= 4 is 23.2 Å². The predicted octanol–water partition coefficient (Wildman–Crippen LogP) is 1.00. The van der Waals surface area contributed by atoms with E-state index in [-0.39, 0.29) is 23.8 Å². The van der Waals surface area contributed by atoms with Crippen molar-refractivity contribution in [2.75, 3.05) is 26.2 Å². The number of rotatable bonds is 4. The normalized spacial score (nSPS) is 23.8. The maximum Gasteiger partial charge on any atom is 0.231 e. The Morgan fingerprint density at radius 2 is 2.05 bits per heavy atom. The van der Waals surface area contributed by atoms with Gasteiger partial charge in [-0.2, -0.15) is 0 Å². The van der Waals surface area contributed by atoms with Gasteiger partial charge in [0.1, 0.15) is 5.01 Å². The lowest BCUT2D eigenvalue weighted by Gasteiger charge is -2.34. The van der Waals surface area contributed by atoms with Gasteiger partial charge >= 0.3 is 0 Å². The molecule has 0 unspecified atom stereocenters. The predicted molar refractivity (Wildman–Crippen MR) is 84.2 cm³/mol. The molecule has 2 N–H and O–H groups in total. The van der Waals surface area contributed by atoms with E-state index in [1.165, 1.54) is 0 Å². The number of nitrogens with zero attached hydrogens (tertiary/aromatic N) is 3. The topological polar surface area (TPSA) is 79.5 Å². The molecule has 120 valence electrons. The third kappa shape index (κ3) is 3.30. The van der Waals surface area contributed by atoms with Crippen LogP contribution in [-0.4, -0.2) is 52.8 Å². The maximum absolute atomic E-state index is 12.8. The van der Waals surface area contributed by atoms with E-state index in [0.717, 1.165) is 50.3 Å². The lowest BCUT2D eigenvalue weighted by Crippen LogP contribution is -2.44. The van der Waals surface area contributed by atoms with Gasteiger partial charge in [-0.05, 0) is 38.8 Å². The summed E-state index contributed by atoms with van der Waals surface area (Å²) in [4.78, 5) is 32.2. The van der Waals surface area contributed by atoms with Crippen LogP contribution in [0.2, 0.25) is 0 Å². The Bertz CT molecular complexity index is 526. The summed E-state index contributed by atoms with van der Waals surface area (Å²) in [5.41, 5.74) is 5.23. The Morgan fingerprint density at radius 1 is 1.27 bits per heavy atom. The Morgan fingerprint density at radius 3 is 2.68 bits per heavy atom. The van der Waals surface area contributed by atoms with Crippen LogP contribution in [-0.2, 0) is 9.59 Å². The van der Waals surface area contributed by atoms with Crippen molar-refractivity contribution in [3.05, 3.63) is 16.6 Å². The quantitative estimate of drug-likeness (QED) is 0.897. The second-order valence-corrected chi connectivity index (χ2v) is 7.00. The zero-order valence-electron chi connectivity index (χ0n) is 12.6. The van der Waals surface area contributed by atoms with Gasteiger partial charge in [0.25, 0.3) is 0 Å². The number of amides is 2. The van der Waals surface area contributed by atoms with E-state index < -0.39 is 0 Å². The number of hydrogen-bond acceptors (Lipinski definition) is 5. The number of thiazole rings is 1. The Labute approximate surface area is 134 Å². The van der Waals surface area contributed by atoms with E-state index >= 15 is 0 Å². The fourth-order valence-electron chi connectivity index (χ4n) is 3.48. The first kappa shape index (κ1) is 15.4. The zero-order valence-corrected chi connectivity index (χ0v) is 13.4. The number of carbonyl (C=O) groups excluding carboxylic acids is 2. The molecule has 3 heterocycles. The molecule has 2 amide bonds. The van der Waals surface area contributed by atoms with Crippen LogP contribution in [0, 0.1) is 5.92 Å².